The van der Waals surface area contributed by atoms with Gasteiger partial charge in [0.15, 0.2) is 0 Å². The average molecular weight is 664 g/mol. The zero-order chi connectivity index (χ0) is 34.4. The van der Waals surface area contributed by atoms with Crippen molar-refractivity contribution in [3.05, 3.63) is 200 Å². The van der Waals surface area contributed by atoms with Crippen molar-refractivity contribution in [2.24, 2.45) is 0 Å². The van der Waals surface area contributed by atoms with Crippen LogP contribution in [-0.4, -0.2) is 0 Å². The smallest absolute Gasteiger partial charge is 0.143 e. The van der Waals surface area contributed by atoms with E-state index in [-0.39, 0.29) is 0 Å². The molecule has 52 heavy (non-hydrogen) atoms. The van der Waals surface area contributed by atoms with Gasteiger partial charge in [-0.1, -0.05) is 164 Å². The average Bonchev–Trinajstić information content (AvgIpc) is 3.37. The molecule has 1 heterocycles. The number of hydrogen-bond donors (Lipinski definition) is 0. The van der Waals surface area contributed by atoms with Crippen LogP contribution in [0.15, 0.2) is 200 Å². The standard InChI is InChI=1S/C50H33NO/c1-3-14-34(15-4-1)36-26-29-40(30-27-36)51(41-31-28-35-16-7-8-19-38(35)32-41)46-33-39-20-9-10-21-42(39)48-45-24-13-23-43(37-17-5-2-6-18-37)50(45)52-47-25-12-11-22-44(47)49(46)48/h1-33H. The van der Waals surface area contributed by atoms with E-state index >= 15 is 0 Å². The van der Waals surface area contributed by atoms with Gasteiger partial charge in [-0.2, -0.15) is 0 Å². The van der Waals surface area contributed by atoms with Gasteiger partial charge in [0.1, 0.15) is 11.5 Å². The highest BCUT2D eigenvalue weighted by Gasteiger charge is 2.30. The first-order valence-electron chi connectivity index (χ1n) is 17.8. The molecule has 244 valence electrons. The Balaban J connectivity index is 1.31. The second-order valence-corrected chi connectivity index (χ2v) is 13.3. The number of rotatable bonds is 5. The summed E-state index contributed by atoms with van der Waals surface area (Å²) in [6.45, 7) is 0. The molecule has 0 unspecified atom stereocenters. The predicted molar refractivity (Wildman–Crippen MR) is 218 cm³/mol. The summed E-state index contributed by atoms with van der Waals surface area (Å²) in [4.78, 5) is 2.43. The molecule has 0 radical (unpaired) electrons. The fourth-order valence-corrected chi connectivity index (χ4v) is 7.80. The Bertz CT molecular complexity index is 2750. The molecule has 1 aliphatic heterocycles. The van der Waals surface area contributed by atoms with Crippen molar-refractivity contribution in [3.8, 4) is 56.0 Å². The Hall–Kier alpha value is -6.90. The van der Waals surface area contributed by atoms with Gasteiger partial charge in [0.25, 0.3) is 0 Å². The van der Waals surface area contributed by atoms with Gasteiger partial charge in [0.2, 0.25) is 0 Å². The summed E-state index contributed by atoms with van der Waals surface area (Å²) >= 11 is 0. The quantitative estimate of drug-likeness (QED) is 0.182. The van der Waals surface area contributed by atoms with E-state index in [2.05, 4.69) is 205 Å². The predicted octanol–water partition coefficient (Wildman–Crippen LogP) is 14.2. The minimum atomic E-state index is 0.834. The first-order valence-corrected chi connectivity index (χ1v) is 17.8. The van der Waals surface area contributed by atoms with Crippen molar-refractivity contribution < 1.29 is 4.74 Å². The molecule has 1 aliphatic rings. The second-order valence-electron chi connectivity index (χ2n) is 13.3. The maximum atomic E-state index is 7.07. The van der Waals surface area contributed by atoms with Crippen LogP contribution < -0.4 is 9.64 Å². The van der Waals surface area contributed by atoms with Crippen molar-refractivity contribution >= 4 is 38.6 Å². The molecule has 10 rings (SSSR count). The Morgan fingerprint density at radius 2 is 0.942 bits per heavy atom. The highest BCUT2D eigenvalue weighted by atomic mass is 16.5. The van der Waals surface area contributed by atoms with Crippen molar-refractivity contribution in [1.29, 1.82) is 0 Å². The van der Waals surface area contributed by atoms with E-state index in [1.165, 1.54) is 32.7 Å². The van der Waals surface area contributed by atoms with Crippen molar-refractivity contribution in [2.75, 3.05) is 4.90 Å². The molecule has 0 atom stereocenters. The molecule has 2 heteroatoms. The topological polar surface area (TPSA) is 12.5 Å². The first-order chi connectivity index (χ1) is 25.8. The zero-order valence-electron chi connectivity index (χ0n) is 28.4. The highest BCUT2D eigenvalue weighted by molar-refractivity contribution is 6.13. The summed E-state index contributed by atoms with van der Waals surface area (Å²) in [5.74, 6) is 1.70. The van der Waals surface area contributed by atoms with Crippen LogP contribution in [0.5, 0.6) is 11.5 Å². The zero-order valence-corrected chi connectivity index (χ0v) is 28.4. The third-order valence-electron chi connectivity index (χ3n) is 10.2. The summed E-state index contributed by atoms with van der Waals surface area (Å²) < 4.78 is 7.07. The second kappa shape index (κ2) is 12.5. The van der Waals surface area contributed by atoms with Crippen LogP contribution in [-0.2, 0) is 0 Å². The maximum absolute atomic E-state index is 7.07. The summed E-state index contributed by atoms with van der Waals surface area (Å²) in [6.07, 6.45) is 0. The Morgan fingerprint density at radius 1 is 0.346 bits per heavy atom. The van der Waals surface area contributed by atoms with E-state index in [0.29, 0.717) is 0 Å². The lowest BCUT2D eigenvalue weighted by molar-refractivity contribution is 0.489. The molecule has 0 bridgehead atoms. The fourth-order valence-electron chi connectivity index (χ4n) is 7.80. The van der Waals surface area contributed by atoms with E-state index in [4.69, 9.17) is 4.74 Å². The summed E-state index contributed by atoms with van der Waals surface area (Å²) in [5.41, 5.74) is 12.3. The van der Waals surface area contributed by atoms with E-state index in [1.807, 2.05) is 0 Å². The molecule has 9 aromatic carbocycles. The Morgan fingerprint density at radius 3 is 1.75 bits per heavy atom. The van der Waals surface area contributed by atoms with E-state index in [9.17, 15) is 0 Å². The molecule has 0 fully saturated rings. The number of fused-ring (bicyclic) bond motifs is 8. The summed E-state index contributed by atoms with van der Waals surface area (Å²) in [6, 6.07) is 71.6. The lowest BCUT2D eigenvalue weighted by Gasteiger charge is -2.30. The summed E-state index contributed by atoms with van der Waals surface area (Å²) in [5, 5.41) is 4.76. The van der Waals surface area contributed by atoms with Gasteiger partial charge in [0.05, 0.1) is 5.69 Å². The lowest BCUT2D eigenvalue weighted by atomic mass is 9.86. The minimum Gasteiger partial charge on any atom is -0.455 e. The van der Waals surface area contributed by atoms with Gasteiger partial charge in [-0.05, 0) is 74.6 Å². The number of benzene rings is 9. The van der Waals surface area contributed by atoms with Gasteiger partial charge < -0.3 is 9.64 Å². The number of nitrogens with zero attached hydrogens (tertiary/aromatic N) is 1. The fraction of sp³-hybridized carbons (Fsp3) is 0. The maximum Gasteiger partial charge on any atom is 0.143 e. The Labute approximate surface area is 303 Å². The molecule has 0 saturated carbocycles. The first kappa shape index (κ1) is 30.0. The lowest BCUT2D eigenvalue weighted by Crippen LogP contribution is -2.12. The number of para-hydroxylation sites is 2. The molecule has 0 saturated heterocycles. The number of ether oxygens (including phenoxy) is 1. The van der Waals surface area contributed by atoms with Gasteiger partial charge in [-0.3, -0.25) is 0 Å². The van der Waals surface area contributed by atoms with Crippen molar-refractivity contribution in [2.45, 2.75) is 0 Å². The van der Waals surface area contributed by atoms with Gasteiger partial charge >= 0.3 is 0 Å². The van der Waals surface area contributed by atoms with Crippen LogP contribution in [0.1, 0.15) is 0 Å². The third kappa shape index (κ3) is 5.04. The van der Waals surface area contributed by atoms with Crippen LogP contribution in [0.25, 0.3) is 66.1 Å². The van der Waals surface area contributed by atoms with Gasteiger partial charge in [-0.15, -0.1) is 0 Å². The number of hydrogen-bond acceptors (Lipinski definition) is 2. The normalized spacial score (nSPS) is 11.6. The Kier molecular flexibility index (Phi) is 7.18. The third-order valence-corrected chi connectivity index (χ3v) is 10.2. The molecule has 2 nitrogen and oxygen atoms in total. The van der Waals surface area contributed by atoms with E-state index in [0.717, 1.165) is 61.9 Å². The van der Waals surface area contributed by atoms with Crippen molar-refractivity contribution in [1.82, 2.24) is 0 Å². The molecular weight excluding hydrogens is 631 g/mol. The molecule has 0 aliphatic carbocycles. The largest absolute Gasteiger partial charge is 0.455 e. The molecular formula is C50H33NO. The minimum absolute atomic E-state index is 0.834. The SMILES string of the molecule is c1ccc(-c2ccc(N(c3ccc4ccccc4c3)c3cc4ccccc4c4c3-c3ccccc3Oc3c(-c5ccccc5)cccc3-4)cc2)cc1. The number of anilines is 3. The van der Waals surface area contributed by atoms with Crippen LogP contribution in [0.4, 0.5) is 17.1 Å². The van der Waals surface area contributed by atoms with Gasteiger partial charge in [-0.25, -0.2) is 0 Å². The highest BCUT2D eigenvalue weighted by Crippen LogP contribution is 2.56. The monoisotopic (exact) mass is 663 g/mol. The molecule has 0 aromatic heterocycles. The molecule has 0 N–H and O–H groups in total. The van der Waals surface area contributed by atoms with Gasteiger partial charge in [0, 0.05) is 39.2 Å². The van der Waals surface area contributed by atoms with Crippen LogP contribution >= 0.6 is 0 Å². The van der Waals surface area contributed by atoms with Crippen LogP contribution in [0.2, 0.25) is 0 Å². The van der Waals surface area contributed by atoms with Crippen LogP contribution in [0.3, 0.4) is 0 Å². The molecule has 0 amide bonds. The molecule has 9 aromatic rings. The van der Waals surface area contributed by atoms with Crippen molar-refractivity contribution in [3.63, 3.8) is 0 Å². The van der Waals surface area contributed by atoms with Crippen LogP contribution in [0, 0.1) is 0 Å². The van der Waals surface area contributed by atoms with E-state index < -0.39 is 0 Å². The summed E-state index contributed by atoms with van der Waals surface area (Å²) in [7, 11) is 0. The molecule has 0 spiro atoms. The van der Waals surface area contributed by atoms with E-state index in [1.54, 1.807) is 0 Å².